The van der Waals surface area contributed by atoms with Crippen LogP contribution in [-0.4, -0.2) is 40.4 Å². The molecule has 1 aromatic carbocycles. The lowest BCUT2D eigenvalue weighted by Crippen LogP contribution is -2.03. The topological polar surface area (TPSA) is 78.6 Å². The number of carbonyl (C=O) groups excluding carboxylic acids is 1. The standard InChI is InChI=1S/C15H16F2N4O3S/c1-9(22)24-8-11-6-10(4-5-12(11)23-2)7-18-21-14(13(16)17)19-20-15(21)25-3/h4-7,13H,8H2,1-3H3/b18-7-. The fourth-order valence-corrected chi connectivity index (χ4v) is 2.38. The Bertz CT molecular complexity index is 780. The van der Waals surface area contributed by atoms with Crippen molar-refractivity contribution >= 4 is 23.9 Å². The van der Waals surface area contributed by atoms with Crippen molar-refractivity contribution in [2.24, 2.45) is 5.10 Å². The number of nitrogens with zero attached hydrogens (tertiary/aromatic N) is 4. The summed E-state index contributed by atoms with van der Waals surface area (Å²) in [5.74, 6) is -0.410. The largest absolute Gasteiger partial charge is 0.496 e. The first-order valence-corrected chi connectivity index (χ1v) is 8.30. The highest BCUT2D eigenvalue weighted by atomic mass is 32.2. The summed E-state index contributed by atoms with van der Waals surface area (Å²) in [4.78, 5) is 11.0. The SMILES string of the molecule is COc1ccc(/C=N\n2c(SC)nnc2C(F)F)cc1COC(C)=O. The zero-order valence-electron chi connectivity index (χ0n) is 13.8. The highest BCUT2D eigenvalue weighted by Gasteiger charge is 2.19. The van der Waals surface area contributed by atoms with Gasteiger partial charge in [0.2, 0.25) is 11.0 Å². The van der Waals surface area contributed by atoms with Gasteiger partial charge < -0.3 is 9.47 Å². The molecule has 25 heavy (non-hydrogen) atoms. The van der Waals surface area contributed by atoms with Gasteiger partial charge in [-0.25, -0.2) is 8.78 Å². The minimum atomic E-state index is -2.79. The van der Waals surface area contributed by atoms with E-state index in [0.29, 0.717) is 16.9 Å². The van der Waals surface area contributed by atoms with Gasteiger partial charge in [0.15, 0.2) is 0 Å². The molecule has 0 saturated carbocycles. The second-order valence-corrected chi connectivity index (χ2v) is 5.53. The molecule has 0 unspecified atom stereocenters. The lowest BCUT2D eigenvalue weighted by molar-refractivity contribution is -0.142. The van der Waals surface area contributed by atoms with Crippen LogP contribution in [0.4, 0.5) is 8.78 Å². The molecule has 2 rings (SSSR count). The van der Waals surface area contributed by atoms with Crippen LogP contribution >= 0.6 is 11.8 Å². The summed E-state index contributed by atoms with van der Waals surface area (Å²) in [7, 11) is 1.50. The number of esters is 1. The molecule has 1 aromatic heterocycles. The molecule has 134 valence electrons. The third kappa shape index (κ3) is 4.75. The molecule has 2 aromatic rings. The minimum Gasteiger partial charge on any atom is -0.496 e. The van der Waals surface area contributed by atoms with Gasteiger partial charge in [0.25, 0.3) is 6.43 Å². The van der Waals surface area contributed by atoms with Crippen LogP contribution < -0.4 is 4.74 Å². The number of ether oxygens (including phenoxy) is 2. The first kappa shape index (κ1) is 18.8. The molecule has 0 atom stereocenters. The van der Waals surface area contributed by atoms with E-state index in [1.807, 2.05) is 0 Å². The Kier molecular flexibility index (Phi) is 6.45. The van der Waals surface area contributed by atoms with Gasteiger partial charge in [-0.2, -0.15) is 9.78 Å². The van der Waals surface area contributed by atoms with Crippen molar-refractivity contribution in [3.05, 3.63) is 35.2 Å². The molecule has 0 bridgehead atoms. The molecule has 0 aliphatic rings. The predicted molar refractivity (Wildman–Crippen MR) is 88.2 cm³/mol. The number of halogens is 2. The van der Waals surface area contributed by atoms with Gasteiger partial charge in [0.05, 0.1) is 13.3 Å². The molecular formula is C15H16F2N4O3S. The van der Waals surface area contributed by atoms with Gasteiger partial charge in [-0.05, 0) is 30.0 Å². The maximum Gasteiger partial charge on any atom is 0.302 e. The second-order valence-electron chi connectivity index (χ2n) is 4.75. The minimum absolute atomic E-state index is 0.0329. The third-order valence-electron chi connectivity index (χ3n) is 3.07. The summed E-state index contributed by atoms with van der Waals surface area (Å²) < 4.78 is 37.1. The number of carbonyl (C=O) groups is 1. The summed E-state index contributed by atoms with van der Waals surface area (Å²) >= 11 is 1.15. The molecule has 0 radical (unpaired) electrons. The number of alkyl halides is 2. The Morgan fingerprint density at radius 2 is 2.20 bits per heavy atom. The number of benzene rings is 1. The average molecular weight is 370 g/mol. The van der Waals surface area contributed by atoms with E-state index in [0.717, 1.165) is 16.4 Å². The van der Waals surface area contributed by atoms with Crippen LogP contribution in [0.3, 0.4) is 0 Å². The molecule has 7 nitrogen and oxygen atoms in total. The maximum absolute atomic E-state index is 13.0. The van der Waals surface area contributed by atoms with Crippen LogP contribution in [0, 0.1) is 0 Å². The normalized spacial score (nSPS) is 11.3. The lowest BCUT2D eigenvalue weighted by Gasteiger charge is -2.09. The highest BCUT2D eigenvalue weighted by Crippen LogP contribution is 2.23. The van der Waals surface area contributed by atoms with Gasteiger partial charge in [0.1, 0.15) is 12.4 Å². The molecule has 0 amide bonds. The van der Waals surface area contributed by atoms with E-state index in [-0.39, 0.29) is 11.8 Å². The maximum atomic E-state index is 13.0. The number of aromatic nitrogens is 3. The van der Waals surface area contributed by atoms with E-state index < -0.39 is 18.2 Å². The molecular weight excluding hydrogens is 354 g/mol. The van der Waals surface area contributed by atoms with Crippen molar-refractivity contribution in [1.29, 1.82) is 0 Å². The molecule has 0 saturated heterocycles. The highest BCUT2D eigenvalue weighted by molar-refractivity contribution is 7.98. The van der Waals surface area contributed by atoms with Crippen molar-refractivity contribution < 1.29 is 23.0 Å². The van der Waals surface area contributed by atoms with Crippen LogP contribution in [0.25, 0.3) is 0 Å². The van der Waals surface area contributed by atoms with E-state index in [1.165, 1.54) is 20.2 Å². The number of methoxy groups -OCH3 is 1. The summed E-state index contributed by atoms with van der Waals surface area (Å²) in [5.41, 5.74) is 1.24. The van der Waals surface area contributed by atoms with Crippen LogP contribution in [0.2, 0.25) is 0 Å². The van der Waals surface area contributed by atoms with Crippen molar-refractivity contribution in [3.8, 4) is 5.75 Å². The number of hydrogen-bond donors (Lipinski definition) is 0. The molecule has 10 heteroatoms. The Morgan fingerprint density at radius 1 is 1.44 bits per heavy atom. The summed E-state index contributed by atoms with van der Waals surface area (Å²) in [6.07, 6.45) is 0.294. The van der Waals surface area contributed by atoms with E-state index in [9.17, 15) is 13.6 Å². The zero-order valence-corrected chi connectivity index (χ0v) is 14.6. The molecule has 0 fully saturated rings. The van der Waals surface area contributed by atoms with E-state index in [1.54, 1.807) is 24.5 Å². The fourth-order valence-electron chi connectivity index (χ4n) is 1.94. The first-order valence-electron chi connectivity index (χ1n) is 7.08. The summed E-state index contributed by atoms with van der Waals surface area (Å²) in [6, 6.07) is 5.07. The molecule has 0 aliphatic heterocycles. The van der Waals surface area contributed by atoms with Crippen LogP contribution in [0.15, 0.2) is 28.5 Å². The van der Waals surface area contributed by atoms with E-state index >= 15 is 0 Å². The average Bonchev–Trinajstić information content (AvgIpc) is 3.01. The molecule has 0 spiro atoms. The number of rotatable bonds is 7. The fraction of sp³-hybridized carbons (Fsp3) is 0.333. The first-order chi connectivity index (χ1) is 12.0. The van der Waals surface area contributed by atoms with Gasteiger partial charge in [-0.15, -0.1) is 10.2 Å². The summed E-state index contributed by atoms with van der Waals surface area (Å²) in [6.45, 7) is 1.34. The smallest absolute Gasteiger partial charge is 0.302 e. The van der Waals surface area contributed by atoms with Gasteiger partial charge in [-0.3, -0.25) is 4.79 Å². The van der Waals surface area contributed by atoms with Gasteiger partial charge in [-0.1, -0.05) is 11.8 Å². The summed E-state index contributed by atoms with van der Waals surface area (Å²) in [5, 5.41) is 11.4. The van der Waals surface area contributed by atoms with Crippen LogP contribution in [-0.2, 0) is 16.1 Å². The predicted octanol–water partition coefficient (Wildman–Crippen LogP) is 2.89. The zero-order chi connectivity index (χ0) is 18.4. The molecule has 0 N–H and O–H groups in total. The second kappa shape index (κ2) is 8.56. The van der Waals surface area contributed by atoms with Crippen molar-refractivity contribution in [2.45, 2.75) is 25.1 Å². The number of hydrogen-bond acceptors (Lipinski definition) is 7. The molecule has 1 heterocycles. The third-order valence-corrected chi connectivity index (χ3v) is 3.69. The Hall–Kier alpha value is -2.49. The van der Waals surface area contributed by atoms with Crippen molar-refractivity contribution in [1.82, 2.24) is 14.9 Å². The Balaban J connectivity index is 2.31. The van der Waals surface area contributed by atoms with Crippen molar-refractivity contribution in [2.75, 3.05) is 13.4 Å². The van der Waals surface area contributed by atoms with Crippen LogP contribution in [0.5, 0.6) is 5.75 Å². The van der Waals surface area contributed by atoms with Gasteiger partial charge in [0, 0.05) is 12.5 Å². The Labute approximate surface area is 147 Å². The molecule has 0 aliphatic carbocycles. The van der Waals surface area contributed by atoms with Crippen LogP contribution in [0.1, 0.15) is 30.3 Å². The van der Waals surface area contributed by atoms with Crippen molar-refractivity contribution in [3.63, 3.8) is 0 Å². The van der Waals surface area contributed by atoms with E-state index in [4.69, 9.17) is 9.47 Å². The number of thioether (sulfide) groups is 1. The quantitative estimate of drug-likeness (QED) is 0.424. The monoisotopic (exact) mass is 370 g/mol. The van der Waals surface area contributed by atoms with Gasteiger partial charge >= 0.3 is 5.97 Å². The Morgan fingerprint density at radius 3 is 2.80 bits per heavy atom. The lowest BCUT2D eigenvalue weighted by atomic mass is 10.1. The van der Waals surface area contributed by atoms with E-state index in [2.05, 4.69) is 15.3 Å².